The molecule has 1 saturated carbocycles. The number of pyridine rings is 3. The van der Waals surface area contributed by atoms with E-state index in [0.29, 0.717) is 16.9 Å². The fraction of sp³-hybridized carbons (Fsp3) is 0.138. The molecular weight excluding hydrogens is 481 g/mol. The van der Waals surface area contributed by atoms with Gasteiger partial charge in [0.1, 0.15) is 17.0 Å². The second-order valence-electron chi connectivity index (χ2n) is 9.58. The topological polar surface area (TPSA) is 112 Å². The lowest BCUT2D eigenvalue weighted by Gasteiger charge is -2.24. The first-order valence-corrected chi connectivity index (χ1v) is 12.5. The van der Waals surface area contributed by atoms with Crippen LogP contribution in [0, 0.1) is 11.7 Å². The number of amides is 1. The maximum atomic E-state index is 13.5. The van der Waals surface area contributed by atoms with Gasteiger partial charge in [0.05, 0.1) is 40.5 Å². The Labute approximate surface area is 216 Å². The number of anilines is 1. The van der Waals surface area contributed by atoms with Crippen LogP contribution < -0.4 is 5.32 Å². The number of carbonyl (C=O) groups is 1. The molecule has 0 radical (unpaired) electrons. The van der Waals surface area contributed by atoms with Crippen LogP contribution >= 0.6 is 0 Å². The van der Waals surface area contributed by atoms with E-state index in [9.17, 15) is 9.18 Å². The van der Waals surface area contributed by atoms with Crippen LogP contribution in [0.1, 0.15) is 19.3 Å². The quantitative estimate of drug-likeness (QED) is 0.263. The number of carbonyl (C=O) groups excluding carboxylic acids is 1. The summed E-state index contributed by atoms with van der Waals surface area (Å²) in [6.07, 6.45) is 9.90. The van der Waals surface area contributed by atoms with Crippen LogP contribution in [0.2, 0.25) is 0 Å². The molecule has 38 heavy (non-hydrogen) atoms. The Morgan fingerprint density at radius 3 is 2.58 bits per heavy atom. The zero-order chi connectivity index (χ0) is 25.6. The van der Waals surface area contributed by atoms with Crippen molar-refractivity contribution in [2.75, 3.05) is 5.32 Å². The third-order valence-electron chi connectivity index (χ3n) is 7.14. The number of aromatic nitrogens is 6. The van der Waals surface area contributed by atoms with E-state index in [2.05, 4.69) is 30.5 Å². The summed E-state index contributed by atoms with van der Waals surface area (Å²) in [7, 11) is 0. The normalized spacial score (nSPS) is 13.6. The van der Waals surface area contributed by atoms with Crippen LogP contribution in [-0.4, -0.2) is 36.0 Å². The van der Waals surface area contributed by atoms with Gasteiger partial charge in [-0.2, -0.15) is 5.10 Å². The van der Waals surface area contributed by atoms with Gasteiger partial charge in [-0.3, -0.25) is 19.9 Å². The summed E-state index contributed by atoms with van der Waals surface area (Å²) in [5.41, 5.74) is 7.73. The Morgan fingerprint density at radius 2 is 1.76 bits per heavy atom. The van der Waals surface area contributed by atoms with Crippen LogP contribution in [0.15, 0.2) is 73.3 Å². The number of H-pyrrole nitrogens is 2. The smallest absolute Gasteiger partial charge is 0.227 e. The predicted octanol–water partition coefficient (Wildman–Crippen LogP) is 6.11. The highest BCUT2D eigenvalue weighted by Crippen LogP contribution is 2.34. The van der Waals surface area contributed by atoms with Crippen LogP contribution in [0.4, 0.5) is 10.1 Å². The highest BCUT2D eigenvalue weighted by atomic mass is 19.1. The lowest BCUT2D eigenvalue weighted by Crippen LogP contribution is -2.28. The molecule has 9 heteroatoms. The summed E-state index contributed by atoms with van der Waals surface area (Å²) in [4.78, 5) is 29.4. The zero-order valence-electron chi connectivity index (χ0n) is 20.2. The van der Waals surface area contributed by atoms with E-state index in [4.69, 9.17) is 4.98 Å². The minimum Gasteiger partial charge on any atom is -0.352 e. The van der Waals surface area contributed by atoms with Crippen molar-refractivity contribution in [1.29, 1.82) is 0 Å². The van der Waals surface area contributed by atoms with Gasteiger partial charge in [0.15, 0.2) is 0 Å². The average Bonchev–Trinajstić information content (AvgIpc) is 3.52. The fourth-order valence-electron chi connectivity index (χ4n) is 4.85. The molecule has 0 spiro atoms. The van der Waals surface area contributed by atoms with Crippen molar-refractivity contribution in [2.24, 2.45) is 5.92 Å². The number of nitrogens with one attached hydrogen (secondary N) is 3. The highest BCUT2D eigenvalue weighted by Gasteiger charge is 2.25. The van der Waals surface area contributed by atoms with Crippen molar-refractivity contribution >= 4 is 33.5 Å². The molecule has 5 aromatic heterocycles. The predicted molar refractivity (Wildman–Crippen MR) is 144 cm³/mol. The van der Waals surface area contributed by atoms with Gasteiger partial charge in [-0.1, -0.05) is 18.6 Å². The van der Waals surface area contributed by atoms with Gasteiger partial charge >= 0.3 is 0 Å². The molecule has 186 valence electrons. The minimum atomic E-state index is -0.282. The molecule has 7 rings (SSSR count). The zero-order valence-corrected chi connectivity index (χ0v) is 20.2. The van der Waals surface area contributed by atoms with E-state index in [1.807, 2.05) is 24.3 Å². The van der Waals surface area contributed by atoms with Crippen LogP contribution in [0.5, 0.6) is 0 Å². The summed E-state index contributed by atoms with van der Waals surface area (Å²) < 4.78 is 13.5. The van der Waals surface area contributed by atoms with Crippen molar-refractivity contribution in [3.63, 3.8) is 0 Å². The molecule has 8 nitrogen and oxygen atoms in total. The number of benzene rings is 1. The molecule has 5 heterocycles. The molecule has 1 amide bonds. The minimum absolute atomic E-state index is 0.0454. The lowest BCUT2D eigenvalue weighted by molar-refractivity contribution is -0.122. The van der Waals surface area contributed by atoms with Gasteiger partial charge in [-0.15, -0.1) is 0 Å². The molecular formula is C29H22FN7O. The molecule has 0 bridgehead atoms. The van der Waals surface area contributed by atoms with Gasteiger partial charge < -0.3 is 10.3 Å². The first-order valence-electron chi connectivity index (χ1n) is 12.5. The van der Waals surface area contributed by atoms with Crippen molar-refractivity contribution in [3.8, 4) is 33.8 Å². The van der Waals surface area contributed by atoms with Gasteiger partial charge in [0, 0.05) is 34.8 Å². The molecule has 3 N–H and O–H groups in total. The van der Waals surface area contributed by atoms with E-state index < -0.39 is 0 Å². The Balaban J connectivity index is 1.26. The first-order chi connectivity index (χ1) is 18.6. The van der Waals surface area contributed by atoms with E-state index in [1.165, 1.54) is 12.1 Å². The number of rotatable bonds is 5. The molecule has 0 atom stereocenters. The van der Waals surface area contributed by atoms with Crippen LogP contribution in [-0.2, 0) is 4.79 Å². The lowest BCUT2D eigenvalue weighted by atomic mass is 9.85. The molecule has 0 aliphatic heterocycles. The van der Waals surface area contributed by atoms with E-state index in [0.717, 1.165) is 63.8 Å². The Morgan fingerprint density at radius 1 is 0.921 bits per heavy atom. The summed E-state index contributed by atoms with van der Waals surface area (Å²) in [6, 6.07) is 14.1. The maximum Gasteiger partial charge on any atom is 0.227 e. The number of hydrogen-bond donors (Lipinski definition) is 3. The first kappa shape index (κ1) is 22.3. The molecule has 0 unspecified atom stereocenters. The number of fused-ring (bicyclic) bond motifs is 2. The van der Waals surface area contributed by atoms with Gasteiger partial charge in [-0.25, -0.2) is 9.37 Å². The molecule has 6 aromatic rings. The van der Waals surface area contributed by atoms with Crippen LogP contribution in [0.3, 0.4) is 0 Å². The molecule has 1 fully saturated rings. The Kier molecular flexibility index (Phi) is 5.21. The third kappa shape index (κ3) is 3.88. The fourth-order valence-corrected chi connectivity index (χ4v) is 4.85. The van der Waals surface area contributed by atoms with Gasteiger partial charge in [0.25, 0.3) is 0 Å². The summed E-state index contributed by atoms with van der Waals surface area (Å²) in [6.45, 7) is 0. The summed E-state index contributed by atoms with van der Waals surface area (Å²) in [5.74, 6) is -0.143. The molecule has 1 aliphatic rings. The highest BCUT2D eigenvalue weighted by molar-refractivity contribution is 6.00. The van der Waals surface area contributed by atoms with Crippen LogP contribution in [0.25, 0.3) is 55.7 Å². The van der Waals surface area contributed by atoms with Crippen molar-refractivity contribution < 1.29 is 9.18 Å². The SMILES string of the molecule is O=C(Nc1cncc(-c2ccc3[nH]nc(-c4cc5c(-c6ccc(F)cc6)cncc5[nH]4)c3n2)c1)C1CCC1. The number of nitrogens with zero attached hydrogens (tertiary/aromatic N) is 4. The molecule has 0 saturated heterocycles. The largest absolute Gasteiger partial charge is 0.352 e. The van der Waals surface area contributed by atoms with Crippen molar-refractivity contribution in [1.82, 2.24) is 30.1 Å². The number of aromatic amines is 2. The van der Waals surface area contributed by atoms with E-state index >= 15 is 0 Å². The second kappa shape index (κ2) is 8.88. The standard InChI is InChI=1S/C29H22FN7O/c30-19-6-4-16(5-7-19)22-14-32-15-26-21(22)11-25(34-26)28-27-24(36-37-28)9-8-23(35-27)18-10-20(13-31-12-18)33-29(38)17-2-1-3-17/h4-15,17,34H,1-3H2,(H,33,38)(H,36,37). The molecule has 1 aliphatic carbocycles. The maximum absolute atomic E-state index is 13.5. The summed E-state index contributed by atoms with van der Waals surface area (Å²) >= 11 is 0. The number of halogens is 1. The van der Waals surface area contributed by atoms with E-state index in [-0.39, 0.29) is 17.6 Å². The Bertz CT molecular complexity index is 1820. The monoisotopic (exact) mass is 503 g/mol. The second-order valence-corrected chi connectivity index (χ2v) is 9.58. The Hall–Kier alpha value is -4.92. The summed E-state index contributed by atoms with van der Waals surface area (Å²) in [5, 5.41) is 11.5. The van der Waals surface area contributed by atoms with Crippen molar-refractivity contribution in [2.45, 2.75) is 19.3 Å². The third-order valence-corrected chi connectivity index (χ3v) is 7.14. The average molecular weight is 504 g/mol. The molecule has 1 aromatic carbocycles. The van der Waals surface area contributed by atoms with Gasteiger partial charge in [-0.05, 0) is 54.8 Å². The van der Waals surface area contributed by atoms with E-state index in [1.54, 1.807) is 36.9 Å². The van der Waals surface area contributed by atoms with Crippen molar-refractivity contribution in [3.05, 3.63) is 79.1 Å². The number of hydrogen-bond acceptors (Lipinski definition) is 5. The van der Waals surface area contributed by atoms with Gasteiger partial charge in [0.2, 0.25) is 5.91 Å².